The van der Waals surface area contributed by atoms with Crippen molar-refractivity contribution in [3.05, 3.63) is 12.7 Å². The van der Waals surface area contributed by atoms with E-state index in [2.05, 4.69) is 20.7 Å². The Morgan fingerprint density at radius 3 is 3.00 bits per heavy atom. The third-order valence-corrected chi connectivity index (χ3v) is 1.88. The highest BCUT2D eigenvalue weighted by molar-refractivity contribution is 5.75. The Labute approximate surface area is 94.2 Å². The monoisotopic (exact) mass is 227 g/mol. The Kier molecular flexibility index (Phi) is 6.12. The van der Waals surface area contributed by atoms with Gasteiger partial charge in [0.05, 0.1) is 6.61 Å². The summed E-state index contributed by atoms with van der Waals surface area (Å²) >= 11 is 0. The summed E-state index contributed by atoms with van der Waals surface area (Å²) in [6.45, 7) is 2.99. The molecule has 1 aromatic heterocycles. The molecule has 0 saturated heterocycles. The van der Waals surface area contributed by atoms with Crippen LogP contribution in [0.2, 0.25) is 0 Å². The second kappa shape index (κ2) is 7.77. The maximum atomic E-state index is 11.3. The lowest BCUT2D eigenvalue weighted by molar-refractivity contribution is -0.121. The molecule has 0 aliphatic heterocycles. The van der Waals surface area contributed by atoms with Crippen molar-refractivity contribution in [2.45, 2.75) is 6.54 Å². The first-order valence-electron chi connectivity index (χ1n) is 5.11. The van der Waals surface area contributed by atoms with E-state index < -0.39 is 0 Å². The first kappa shape index (κ1) is 12.6. The summed E-state index contributed by atoms with van der Waals surface area (Å²) in [5.41, 5.74) is 0. The third-order valence-electron chi connectivity index (χ3n) is 1.88. The minimum absolute atomic E-state index is 0.0703. The van der Waals surface area contributed by atoms with Gasteiger partial charge in [-0.2, -0.15) is 5.10 Å². The number of hydrogen-bond acceptors (Lipinski definition) is 5. The van der Waals surface area contributed by atoms with Gasteiger partial charge in [0.15, 0.2) is 0 Å². The number of rotatable bonds is 8. The maximum absolute atomic E-state index is 11.3. The highest BCUT2D eigenvalue weighted by Gasteiger charge is 2.01. The summed E-state index contributed by atoms with van der Waals surface area (Å²) in [6, 6.07) is 0. The molecule has 1 aromatic rings. The van der Waals surface area contributed by atoms with Gasteiger partial charge in [-0.15, -0.1) is 0 Å². The average molecular weight is 227 g/mol. The Bertz CT molecular complexity index is 288. The first-order valence-corrected chi connectivity index (χ1v) is 5.11. The van der Waals surface area contributed by atoms with Gasteiger partial charge in [0.2, 0.25) is 5.91 Å². The van der Waals surface area contributed by atoms with Gasteiger partial charge in [-0.3, -0.25) is 4.79 Å². The number of carbonyl (C=O) groups is 1. The molecule has 0 bridgehead atoms. The fraction of sp³-hybridized carbons (Fsp3) is 0.667. The summed E-state index contributed by atoms with van der Waals surface area (Å²) < 4.78 is 6.35. The van der Waals surface area contributed by atoms with E-state index in [9.17, 15) is 4.79 Å². The Morgan fingerprint density at radius 2 is 2.31 bits per heavy atom. The Balaban J connectivity index is 1.98. The van der Waals surface area contributed by atoms with E-state index in [4.69, 9.17) is 4.74 Å². The number of nitrogens with one attached hydrogen (secondary N) is 2. The van der Waals surface area contributed by atoms with E-state index >= 15 is 0 Å². The lowest BCUT2D eigenvalue weighted by Crippen LogP contribution is -2.34. The van der Waals surface area contributed by atoms with Crippen molar-refractivity contribution < 1.29 is 9.53 Å². The van der Waals surface area contributed by atoms with Gasteiger partial charge < -0.3 is 15.4 Å². The number of nitrogens with zero attached hydrogens (tertiary/aromatic N) is 3. The van der Waals surface area contributed by atoms with Gasteiger partial charge in [0.1, 0.15) is 19.2 Å². The van der Waals surface area contributed by atoms with Crippen molar-refractivity contribution in [3.8, 4) is 0 Å². The lowest BCUT2D eigenvalue weighted by Gasteiger charge is -2.06. The SMILES string of the molecule is COCCNCCNC(=O)Cn1cncn1. The lowest BCUT2D eigenvalue weighted by atomic mass is 10.5. The molecule has 16 heavy (non-hydrogen) atoms. The van der Waals surface area contributed by atoms with Gasteiger partial charge >= 0.3 is 0 Å². The van der Waals surface area contributed by atoms with Crippen LogP contribution in [0.5, 0.6) is 0 Å². The standard InChI is InChI=1S/C9H17N5O2/c1-16-5-4-10-2-3-12-9(15)6-14-8-11-7-13-14/h7-8,10H,2-6H2,1H3,(H,12,15). The molecule has 0 saturated carbocycles. The Hall–Kier alpha value is -1.47. The van der Waals surface area contributed by atoms with Crippen LogP contribution in [0.4, 0.5) is 0 Å². The number of amides is 1. The normalized spacial score (nSPS) is 10.3. The van der Waals surface area contributed by atoms with Crippen molar-refractivity contribution >= 4 is 5.91 Å². The first-order chi connectivity index (χ1) is 7.83. The van der Waals surface area contributed by atoms with E-state index in [0.717, 1.165) is 13.1 Å². The molecule has 0 spiro atoms. The van der Waals surface area contributed by atoms with E-state index in [1.54, 1.807) is 7.11 Å². The maximum Gasteiger partial charge on any atom is 0.241 e. The summed E-state index contributed by atoms with van der Waals surface area (Å²) in [6.07, 6.45) is 2.91. The van der Waals surface area contributed by atoms with Gasteiger partial charge in [-0.25, -0.2) is 9.67 Å². The van der Waals surface area contributed by atoms with Crippen molar-refractivity contribution in [1.29, 1.82) is 0 Å². The quantitative estimate of drug-likeness (QED) is 0.536. The van der Waals surface area contributed by atoms with Crippen LogP contribution in [0.25, 0.3) is 0 Å². The second-order valence-electron chi connectivity index (χ2n) is 3.19. The van der Waals surface area contributed by atoms with Gasteiger partial charge in [0, 0.05) is 26.7 Å². The molecule has 0 unspecified atom stereocenters. The number of carbonyl (C=O) groups excluding carboxylic acids is 1. The van der Waals surface area contributed by atoms with Crippen LogP contribution in [0, 0.1) is 0 Å². The zero-order valence-electron chi connectivity index (χ0n) is 9.35. The largest absolute Gasteiger partial charge is 0.383 e. The van der Waals surface area contributed by atoms with Crippen LogP contribution in [0.15, 0.2) is 12.7 Å². The molecule has 1 heterocycles. The van der Waals surface area contributed by atoms with Gasteiger partial charge in [-0.1, -0.05) is 0 Å². The van der Waals surface area contributed by atoms with Crippen molar-refractivity contribution in [3.63, 3.8) is 0 Å². The number of hydrogen-bond donors (Lipinski definition) is 2. The molecule has 0 aliphatic rings. The minimum Gasteiger partial charge on any atom is -0.383 e. The topological polar surface area (TPSA) is 81.1 Å². The molecule has 1 rings (SSSR count). The zero-order valence-corrected chi connectivity index (χ0v) is 9.35. The smallest absolute Gasteiger partial charge is 0.241 e. The molecule has 2 N–H and O–H groups in total. The molecule has 7 heteroatoms. The highest BCUT2D eigenvalue weighted by atomic mass is 16.5. The van der Waals surface area contributed by atoms with Crippen LogP contribution < -0.4 is 10.6 Å². The molecule has 0 radical (unpaired) electrons. The van der Waals surface area contributed by atoms with Gasteiger partial charge in [0.25, 0.3) is 0 Å². The fourth-order valence-corrected chi connectivity index (χ4v) is 1.11. The molecule has 0 fully saturated rings. The summed E-state index contributed by atoms with van der Waals surface area (Å²) in [5.74, 6) is -0.0703. The molecular weight excluding hydrogens is 210 g/mol. The molecule has 1 amide bonds. The summed E-state index contributed by atoms with van der Waals surface area (Å²) in [7, 11) is 1.65. The van der Waals surface area contributed by atoms with Crippen LogP contribution in [0.3, 0.4) is 0 Å². The summed E-state index contributed by atoms with van der Waals surface area (Å²) in [4.78, 5) is 15.1. The van der Waals surface area contributed by atoms with Crippen molar-refractivity contribution in [2.75, 3.05) is 33.4 Å². The molecule has 0 atom stereocenters. The molecular formula is C9H17N5O2. The molecule has 90 valence electrons. The fourth-order valence-electron chi connectivity index (χ4n) is 1.11. The number of methoxy groups -OCH3 is 1. The summed E-state index contributed by atoms with van der Waals surface area (Å²) in [5, 5.41) is 9.73. The molecule has 7 nitrogen and oxygen atoms in total. The van der Waals surface area contributed by atoms with E-state index in [1.165, 1.54) is 17.3 Å². The second-order valence-corrected chi connectivity index (χ2v) is 3.19. The highest BCUT2D eigenvalue weighted by Crippen LogP contribution is 1.79. The number of aromatic nitrogens is 3. The van der Waals surface area contributed by atoms with Crippen molar-refractivity contribution in [2.24, 2.45) is 0 Å². The van der Waals surface area contributed by atoms with Crippen molar-refractivity contribution in [1.82, 2.24) is 25.4 Å². The Morgan fingerprint density at radius 1 is 1.44 bits per heavy atom. The predicted octanol–water partition coefficient (Wildman–Crippen LogP) is -1.37. The molecule has 0 aromatic carbocycles. The van der Waals surface area contributed by atoms with Crippen LogP contribution in [-0.4, -0.2) is 54.0 Å². The number of ether oxygens (including phenoxy) is 1. The predicted molar refractivity (Wildman–Crippen MR) is 57.8 cm³/mol. The third kappa shape index (κ3) is 5.42. The average Bonchev–Trinajstić information content (AvgIpc) is 2.76. The van der Waals surface area contributed by atoms with E-state index in [0.29, 0.717) is 13.2 Å². The van der Waals surface area contributed by atoms with Crippen LogP contribution >= 0.6 is 0 Å². The van der Waals surface area contributed by atoms with E-state index in [1.807, 2.05) is 0 Å². The van der Waals surface area contributed by atoms with Gasteiger partial charge in [-0.05, 0) is 0 Å². The van der Waals surface area contributed by atoms with Crippen LogP contribution in [-0.2, 0) is 16.1 Å². The zero-order chi connectivity index (χ0) is 11.6. The molecule has 0 aliphatic carbocycles. The van der Waals surface area contributed by atoms with E-state index in [-0.39, 0.29) is 12.5 Å². The van der Waals surface area contributed by atoms with Crippen LogP contribution in [0.1, 0.15) is 0 Å². The minimum atomic E-state index is -0.0703.